The normalized spacial score (nSPS) is 21.9. The number of carboxylic acids is 1. The molecule has 0 bridgehead atoms. The van der Waals surface area contributed by atoms with Gasteiger partial charge in [0.05, 0.1) is 0 Å². The van der Waals surface area contributed by atoms with Crippen molar-refractivity contribution >= 4 is 12.0 Å². The van der Waals surface area contributed by atoms with Gasteiger partial charge in [0.1, 0.15) is 6.04 Å². The molecule has 0 saturated carbocycles. The van der Waals surface area contributed by atoms with E-state index in [0.717, 1.165) is 32.4 Å². The van der Waals surface area contributed by atoms with Crippen LogP contribution in [0, 0.1) is 5.92 Å². The number of carbonyl (C=O) groups is 2. The van der Waals surface area contributed by atoms with Crippen LogP contribution in [-0.2, 0) is 4.79 Å². The van der Waals surface area contributed by atoms with Crippen LogP contribution in [0.15, 0.2) is 0 Å². The van der Waals surface area contributed by atoms with Gasteiger partial charge in [0.15, 0.2) is 0 Å². The summed E-state index contributed by atoms with van der Waals surface area (Å²) in [7, 11) is 0. The summed E-state index contributed by atoms with van der Waals surface area (Å²) in [6, 6.07) is -1.08. The van der Waals surface area contributed by atoms with E-state index in [0.29, 0.717) is 5.92 Å². The second kappa shape index (κ2) is 5.72. The largest absolute Gasteiger partial charge is 0.480 e. The van der Waals surface area contributed by atoms with Crippen molar-refractivity contribution in [2.75, 3.05) is 13.1 Å². The Hall–Kier alpha value is -1.26. The molecule has 0 aromatic heterocycles. The SMILES string of the molecule is CCCC1CCN(C(=O)N[C@H](C)C(=O)O)C1. The third-order valence-electron chi connectivity index (χ3n) is 2.98. The summed E-state index contributed by atoms with van der Waals surface area (Å²) in [6.07, 6.45) is 3.30. The Labute approximate surface area is 95.8 Å². The maximum absolute atomic E-state index is 11.7. The van der Waals surface area contributed by atoms with Crippen LogP contribution in [0.1, 0.15) is 33.1 Å². The Bertz CT molecular complexity index is 268. The van der Waals surface area contributed by atoms with Crippen molar-refractivity contribution in [3.8, 4) is 0 Å². The first-order valence-electron chi connectivity index (χ1n) is 5.82. The Morgan fingerprint density at radius 1 is 1.56 bits per heavy atom. The zero-order valence-electron chi connectivity index (χ0n) is 9.90. The van der Waals surface area contributed by atoms with Crippen LogP contribution < -0.4 is 5.32 Å². The molecule has 92 valence electrons. The number of carbonyl (C=O) groups excluding carboxylic acids is 1. The minimum atomic E-state index is -1.00. The van der Waals surface area contributed by atoms with Crippen LogP contribution in [0.3, 0.4) is 0 Å². The van der Waals surface area contributed by atoms with E-state index in [9.17, 15) is 9.59 Å². The molecular weight excluding hydrogens is 208 g/mol. The fourth-order valence-electron chi connectivity index (χ4n) is 2.00. The van der Waals surface area contributed by atoms with Gasteiger partial charge in [-0.1, -0.05) is 13.3 Å². The first kappa shape index (κ1) is 12.8. The lowest BCUT2D eigenvalue weighted by atomic mass is 10.0. The van der Waals surface area contributed by atoms with Gasteiger partial charge < -0.3 is 15.3 Å². The zero-order chi connectivity index (χ0) is 12.1. The van der Waals surface area contributed by atoms with Crippen LogP contribution in [0.25, 0.3) is 0 Å². The average Bonchev–Trinajstić information content (AvgIpc) is 2.66. The first-order chi connectivity index (χ1) is 7.54. The maximum atomic E-state index is 11.7. The second-order valence-electron chi connectivity index (χ2n) is 4.40. The molecule has 1 rings (SSSR count). The maximum Gasteiger partial charge on any atom is 0.325 e. The van der Waals surface area contributed by atoms with Crippen molar-refractivity contribution in [1.29, 1.82) is 0 Å². The number of hydrogen-bond acceptors (Lipinski definition) is 2. The third kappa shape index (κ3) is 3.40. The molecule has 16 heavy (non-hydrogen) atoms. The fraction of sp³-hybridized carbons (Fsp3) is 0.818. The molecule has 0 aromatic rings. The third-order valence-corrected chi connectivity index (χ3v) is 2.98. The van der Waals surface area contributed by atoms with E-state index in [1.54, 1.807) is 4.90 Å². The van der Waals surface area contributed by atoms with Crippen LogP contribution in [0.4, 0.5) is 4.79 Å². The Kier molecular flexibility index (Phi) is 4.58. The molecule has 2 N–H and O–H groups in total. The van der Waals surface area contributed by atoms with Crippen LogP contribution in [-0.4, -0.2) is 41.1 Å². The van der Waals surface area contributed by atoms with Crippen molar-refractivity contribution in [3.05, 3.63) is 0 Å². The molecule has 1 heterocycles. The van der Waals surface area contributed by atoms with E-state index in [-0.39, 0.29) is 6.03 Å². The number of carboxylic acid groups (broad SMARTS) is 1. The van der Waals surface area contributed by atoms with Crippen molar-refractivity contribution in [3.63, 3.8) is 0 Å². The number of amides is 2. The van der Waals surface area contributed by atoms with Gasteiger partial charge in [0, 0.05) is 13.1 Å². The van der Waals surface area contributed by atoms with Crippen molar-refractivity contribution in [2.45, 2.75) is 39.2 Å². The average molecular weight is 228 g/mol. The van der Waals surface area contributed by atoms with E-state index in [1.165, 1.54) is 6.92 Å². The molecule has 5 heteroatoms. The van der Waals surface area contributed by atoms with Crippen molar-refractivity contribution < 1.29 is 14.7 Å². The van der Waals surface area contributed by atoms with Crippen LogP contribution in [0.2, 0.25) is 0 Å². The summed E-state index contributed by atoms with van der Waals surface area (Å²) >= 11 is 0. The van der Waals surface area contributed by atoms with E-state index in [4.69, 9.17) is 5.11 Å². The number of hydrogen-bond donors (Lipinski definition) is 2. The monoisotopic (exact) mass is 228 g/mol. The predicted molar refractivity (Wildman–Crippen MR) is 60.2 cm³/mol. The minimum Gasteiger partial charge on any atom is -0.480 e. The summed E-state index contributed by atoms with van der Waals surface area (Å²) in [4.78, 5) is 24.0. The molecule has 1 fully saturated rings. The molecule has 5 nitrogen and oxygen atoms in total. The quantitative estimate of drug-likeness (QED) is 0.761. The number of aliphatic carboxylic acids is 1. The minimum absolute atomic E-state index is 0.256. The van der Waals surface area contributed by atoms with Crippen LogP contribution in [0.5, 0.6) is 0 Å². The lowest BCUT2D eigenvalue weighted by molar-refractivity contribution is -0.138. The highest BCUT2D eigenvalue weighted by Crippen LogP contribution is 2.20. The van der Waals surface area contributed by atoms with Crippen LogP contribution >= 0.6 is 0 Å². The van der Waals surface area contributed by atoms with E-state index >= 15 is 0 Å². The highest BCUT2D eigenvalue weighted by atomic mass is 16.4. The fourth-order valence-corrected chi connectivity index (χ4v) is 2.00. The standard InChI is InChI=1S/C11H20N2O3/c1-3-4-9-5-6-13(7-9)11(16)12-8(2)10(14)15/h8-9H,3-7H2,1-2H3,(H,12,16)(H,14,15)/t8-,9?/m1/s1. The lowest BCUT2D eigenvalue weighted by Gasteiger charge is -2.19. The molecule has 0 spiro atoms. The summed E-state index contributed by atoms with van der Waals surface area (Å²) in [5, 5.41) is 11.1. The van der Waals surface area contributed by atoms with Crippen molar-refractivity contribution in [2.24, 2.45) is 5.92 Å². The summed E-state index contributed by atoms with van der Waals surface area (Å²) in [5.41, 5.74) is 0. The molecule has 2 amide bonds. The first-order valence-corrected chi connectivity index (χ1v) is 5.82. The molecule has 0 radical (unpaired) electrons. The van der Waals surface area contributed by atoms with Gasteiger partial charge in [-0.3, -0.25) is 4.79 Å². The van der Waals surface area contributed by atoms with Gasteiger partial charge in [-0.15, -0.1) is 0 Å². The Morgan fingerprint density at radius 3 is 2.81 bits per heavy atom. The summed E-state index contributed by atoms with van der Waals surface area (Å²) in [6.45, 7) is 5.10. The zero-order valence-corrected chi connectivity index (χ0v) is 9.90. The second-order valence-corrected chi connectivity index (χ2v) is 4.40. The summed E-state index contributed by atoms with van der Waals surface area (Å²) in [5.74, 6) is -0.423. The molecule has 0 aromatic carbocycles. The molecule has 1 saturated heterocycles. The van der Waals surface area contributed by atoms with E-state index < -0.39 is 12.0 Å². The summed E-state index contributed by atoms with van der Waals surface area (Å²) < 4.78 is 0. The van der Waals surface area contributed by atoms with Crippen molar-refractivity contribution in [1.82, 2.24) is 10.2 Å². The smallest absolute Gasteiger partial charge is 0.325 e. The topological polar surface area (TPSA) is 69.6 Å². The molecule has 1 aliphatic rings. The number of nitrogens with zero attached hydrogens (tertiary/aromatic N) is 1. The van der Waals surface area contributed by atoms with Gasteiger partial charge in [-0.05, 0) is 25.7 Å². The molecule has 1 aliphatic heterocycles. The van der Waals surface area contributed by atoms with Gasteiger partial charge in [-0.25, -0.2) is 4.79 Å². The van der Waals surface area contributed by atoms with Gasteiger partial charge >= 0.3 is 12.0 Å². The highest BCUT2D eigenvalue weighted by Gasteiger charge is 2.27. The predicted octanol–water partition coefficient (Wildman–Crippen LogP) is 1.29. The number of rotatable bonds is 4. The molecule has 1 unspecified atom stereocenters. The van der Waals surface area contributed by atoms with E-state index in [1.807, 2.05) is 0 Å². The Morgan fingerprint density at radius 2 is 2.25 bits per heavy atom. The number of nitrogens with one attached hydrogen (secondary N) is 1. The molecule has 2 atom stereocenters. The van der Waals surface area contributed by atoms with Gasteiger partial charge in [0.2, 0.25) is 0 Å². The molecular formula is C11H20N2O3. The Balaban J connectivity index is 2.36. The molecule has 0 aliphatic carbocycles. The van der Waals surface area contributed by atoms with Gasteiger partial charge in [0.25, 0.3) is 0 Å². The highest BCUT2D eigenvalue weighted by molar-refractivity contribution is 5.82. The lowest BCUT2D eigenvalue weighted by Crippen LogP contribution is -2.45. The van der Waals surface area contributed by atoms with Gasteiger partial charge in [-0.2, -0.15) is 0 Å². The number of likely N-dealkylation sites (tertiary alicyclic amines) is 1. The number of urea groups is 1. The van der Waals surface area contributed by atoms with E-state index in [2.05, 4.69) is 12.2 Å².